The van der Waals surface area contributed by atoms with E-state index in [4.69, 9.17) is 5.84 Å². The summed E-state index contributed by atoms with van der Waals surface area (Å²) in [6.45, 7) is 1.97. The van der Waals surface area contributed by atoms with E-state index >= 15 is 0 Å². The first-order valence-electron chi connectivity index (χ1n) is 5.55. The highest BCUT2D eigenvalue weighted by atomic mass is 15.3. The SMILES string of the molecule is Cc1cc(C(Cc2ccn(C)n2)NN)n(C)n1. The summed E-state index contributed by atoms with van der Waals surface area (Å²) in [5.41, 5.74) is 5.88. The summed E-state index contributed by atoms with van der Waals surface area (Å²) in [4.78, 5) is 0. The molecule has 0 aromatic carbocycles. The Hall–Kier alpha value is -1.66. The molecule has 6 nitrogen and oxygen atoms in total. The smallest absolute Gasteiger partial charge is 0.0685 e. The van der Waals surface area contributed by atoms with Crippen molar-refractivity contribution in [3.63, 3.8) is 0 Å². The van der Waals surface area contributed by atoms with Crippen LogP contribution < -0.4 is 11.3 Å². The van der Waals surface area contributed by atoms with Crippen LogP contribution in [0, 0.1) is 6.92 Å². The van der Waals surface area contributed by atoms with E-state index in [0.717, 1.165) is 23.5 Å². The van der Waals surface area contributed by atoms with Crippen LogP contribution in [0.25, 0.3) is 0 Å². The summed E-state index contributed by atoms with van der Waals surface area (Å²) in [5.74, 6) is 5.61. The van der Waals surface area contributed by atoms with Crippen LogP contribution in [0.2, 0.25) is 0 Å². The lowest BCUT2D eigenvalue weighted by atomic mass is 10.1. The van der Waals surface area contributed by atoms with E-state index in [9.17, 15) is 0 Å². The second-order valence-corrected chi connectivity index (χ2v) is 4.24. The van der Waals surface area contributed by atoms with Crippen molar-refractivity contribution < 1.29 is 0 Å². The second kappa shape index (κ2) is 4.68. The maximum absolute atomic E-state index is 5.61. The third-order valence-electron chi connectivity index (χ3n) is 2.78. The first-order valence-corrected chi connectivity index (χ1v) is 5.55. The number of hydrogen-bond acceptors (Lipinski definition) is 4. The van der Waals surface area contributed by atoms with E-state index in [-0.39, 0.29) is 6.04 Å². The molecule has 0 aliphatic carbocycles. The van der Waals surface area contributed by atoms with Gasteiger partial charge in [-0.1, -0.05) is 0 Å². The lowest BCUT2D eigenvalue weighted by Gasteiger charge is -2.14. The van der Waals surface area contributed by atoms with E-state index in [1.54, 1.807) is 4.68 Å². The minimum atomic E-state index is 0.0242. The van der Waals surface area contributed by atoms with Crippen molar-refractivity contribution in [2.75, 3.05) is 0 Å². The number of rotatable bonds is 4. The van der Waals surface area contributed by atoms with Crippen molar-refractivity contribution in [1.82, 2.24) is 25.0 Å². The van der Waals surface area contributed by atoms with Gasteiger partial charge in [-0.3, -0.25) is 20.6 Å². The molecule has 0 radical (unpaired) electrons. The average Bonchev–Trinajstić information content (AvgIpc) is 2.82. The Balaban J connectivity index is 2.19. The maximum atomic E-state index is 5.61. The number of hydrogen-bond donors (Lipinski definition) is 2. The molecule has 0 aliphatic rings. The van der Waals surface area contributed by atoms with Gasteiger partial charge in [0.2, 0.25) is 0 Å². The largest absolute Gasteiger partial charge is 0.276 e. The predicted octanol–water partition coefficient (Wildman–Crippen LogP) is 0.209. The zero-order valence-electron chi connectivity index (χ0n) is 10.4. The van der Waals surface area contributed by atoms with E-state index in [1.807, 2.05) is 44.0 Å². The molecule has 2 aromatic rings. The number of nitrogens with two attached hydrogens (primary N) is 1. The van der Waals surface area contributed by atoms with Crippen molar-refractivity contribution >= 4 is 0 Å². The summed E-state index contributed by atoms with van der Waals surface area (Å²) >= 11 is 0. The molecular formula is C11H18N6. The van der Waals surface area contributed by atoms with E-state index in [0.29, 0.717) is 0 Å². The van der Waals surface area contributed by atoms with Crippen molar-refractivity contribution in [2.24, 2.45) is 19.9 Å². The first-order chi connectivity index (χ1) is 8.10. The van der Waals surface area contributed by atoms with Gasteiger partial charge in [0.05, 0.1) is 23.1 Å². The Kier molecular flexibility index (Phi) is 3.26. The predicted molar refractivity (Wildman–Crippen MR) is 64.9 cm³/mol. The van der Waals surface area contributed by atoms with E-state index < -0.39 is 0 Å². The topological polar surface area (TPSA) is 73.7 Å². The molecule has 3 N–H and O–H groups in total. The standard InChI is InChI=1S/C11H18N6/c1-8-6-11(17(3)14-8)10(13-12)7-9-4-5-16(2)15-9/h4-6,10,13H,7,12H2,1-3H3. The van der Waals surface area contributed by atoms with Crippen LogP contribution in [-0.2, 0) is 20.5 Å². The number of hydrazine groups is 1. The Morgan fingerprint density at radius 3 is 2.65 bits per heavy atom. The van der Waals surface area contributed by atoms with Gasteiger partial charge in [0, 0.05) is 26.7 Å². The molecule has 2 aromatic heterocycles. The van der Waals surface area contributed by atoms with Gasteiger partial charge < -0.3 is 0 Å². The minimum Gasteiger partial charge on any atom is -0.276 e. The fourth-order valence-electron chi connectivity index (χ4n) is 1.99. The molecule has 0 saturated heterocycles. The zero-order valence-corrected chi connectivity index (χ0v) is 10.4. The maximum Gasteiger partial charge on any atom is 0.0685 e. The highest BCUT2D eigenvalue weighted by Gasteiger charge is 2.16. The molecule has 6 heteroatoms. The van der Waals surface area contributed by atoms with Crippen LogP contribution in [0.4, 0.5) is 0 Å². The quantitative estimate of drug-likeness (QED) is 0.586. The van der Waals surface area contributed by atoms with Crippen LogP contribution in [0.1, 0.15) is 23.1 Å². The minimum absolute atomic E-state index is 0.0242. The highest BCUT2D eigenvalue weighted by molar-refractivity contribution is 5.15. The second-order valence-electron chi connectivity index (χ2n) is 4.24. The fraction of sp³-hybridized carbons (Fsp3) is 0.455. The molecule has 17 heavy (non-hydrogen) atoms. The third kappa shape index (κ3) is 2.54. The zero-order chi connectivity index (χ0) is 12.4. The molecule has 0 aliphatic heterocycles. The van der Waals surface area contributed by atoms with Gasteiger partial charge in [0.1, 0.15) is 0 Å². The van der Waals surface area contributed by atoms with Gasteiger partial charge in [-0.2, -0.15) is 10.2 Å². The number of aryl methyl sites for hydroxylation is 3. The van der Waals surface area contributed by atoms with Crippen LogP contribution in [0.5, 0.6) is 0 Å². The van der Waals surface area contributed by atoms with Gasteiger partial charge in [0.15, 0.2) is 0 Å². The van der Waals surface area contributed by atoms with Crippen molar-refractivity contribution in [1.29, 1.82) is 0 Å². The normalized spacial score (nSPS) is 12.9. The Bertz CT molecular complexity index is 498. The molecule has 1 unspecified atom stereocenters. The fourth-order valence-corrected chi connectivity index (χ4v) is 1.99. The van der Waals surface area contributed by atoms with Crippen LogP contribution in [0.3, 0.4) is 0 Å². The Labute approximate surface area is 100 Å². The summed E-state index contributed by atoms with van der Waals surface area (Å²) in [7, 11) is 3.83. The highest BCUT2D eigenvalue weighted by Crippen LogP contribution is 2.17. The number of nitrogens with zero attached hydrogens (tertiary/aromatic N) is 4. The average molecular weight is 234 g/mol. The lowest BCUT2D eigenvalue weighted by molar-refractivity contribution is 0.501. The third-order valence-corrected chi connectivity index (χ3v) is 2.78. The van der Waals surface area contributed by atoms with E-state index in [1.165, 1.54) is 0 Å². The monoisotopic (exact) mass is 234 g/mol. The molecule has 0 bridgehead atoms. The summed E-state index contributed by atoms with van der Waals surface area (Å²) < 4.78 is 3.64. The summed E-state index contributed by atoms with van der Waals surface area (Å²) in [5, 5.41) is 8.67. The van der Waals surface area contributed by atoms with Gasteiger partial charge in [-0.05, 0) is 19.1 Å². The molecule has 2 rings (SSSR count). The van der Waals surface area contributed by atoms with Crippen molar-refractivity contribution in [3.8, 4) is 0 Å². The molecule has 0 amide bonds. The first kappa shape index (κ1) is 11.8. The molecule has 0 spiro atoms. The van der Waals surface area contributed by atoms with Gasteiger partial charge in [-0.25, -0.2) is 0 Å². The molecule has 0 saturated carbocycles. The molecule has 0 fully saturated rings. The van der Waals surface area contributed by atoms with Crippen molar-refractivity contribution in [2.45, 2.75) is 19.4 Å². The van der Waals surface area contributed by atoms with E-state index in [2.05, 4.69) is 15.6 Å². The van der Waals surface area contributed by atoms with Crippen LogP contribution >= 0.6 is 0 Å². The summed E-state index contributed by atoms with van der Waals surface area (Å²) in [6, 6.07) is 4.05. The molecule has 92 valence electrons. The van der Waals surface area contributed by atoms with Gasteiger partial charge in [0.25, 0.3) is 0 Å². The Morgan fingerprint density at radius 2 is 2.18 bits per heavy atom. The molecule has 1 atom stereocenters. The molecule has 2 heterocycles. The van der Waals surface area contributed by atoms with Gasteiger partial charge in [-0.15, -0.1) is 0 Å². The van der Waals surface area contributed by atoms with Crippen LogP contribution in [0.15, 0.2) is 18.3 Å². The Morgan fingerprint density at radius 1 is 1.41 bits per heavy atom. The van der Waals surface area contributed by atoms with Crippen molar-refractivity contribution in [3.05, 3.63) is 35.4 Å². The van der Waals surface area contributed by atoms with Gasteiger partial charge >= 0.3 is 0 Å². The number of nitrogens with one attached hydrogen (secondary N) is 1. The summed E-state index contributed by atoms with van der Waals surface area (Å²) in [6.07, 6.45) is 2.67. The molecular weight excluding hydrogens is 216 g/mol. The number of aromatic nitrogens is 4. The van der Waals surface area contributed by atoms with Crippen LogP contribution in [-0.4, -0.2) is 19.6 Å². The lowest BCUT2D eigenvalue weighted by Crippen LogP contribution is -2.31.